The summed E-state index contributed by atoms with van der Waals surface area (Å²) in [6, 6.07) is -0.0251. The van der Waals surface area contributed by atoms with Crippen LogP contribution in [0.5, 0.6) is 0 Å². The molecule has 2 unspecified atom stereocenters. The Kier molecular flexibility index (Phi) is 4.24. The molecule has 1 amide bonds. The number of carbonyl (C=O) groups is 1. The zero-order valence-corrected chi connectivity index (χ0v) is 11.4. The van der Waals surface area contributed by atoms with Crippen molar-refractivity contribution in [3.63, 3.8) is 0 Å². The fourth-order valence-electron chi connectivity index (χ4n) is 2.08. The van der Waals surface area contributed by atoms with Crippen molar-refractivity contribution >= 4 is 17.5 Å². The molecule has 0 saturated carbocycles. The molecular formula is C12H18ClN3O2. The Bertz CT molecular complexity index is 427. The van der Waals surface area contributed by atoms with E-state index in [0.717, 1.165) is 19.4 Å². The molecule has 1 fully saturated rings. The van der Waals surface area contributed by atoms with Crippen LogP contribution in [0, 0.1) is 0 Å². The molecule has 0 spiro atoms. The topological polar surface area (TPSA) is 56.2 Å². The van der Waals surface area contributed by atoms with Crippen molar-refractivity contribution in [2.45, 2.75) is 45.4 Å². The number of nitrogens with one attached hydrogen (secondary N) is 1. The van der Waals surface area contributed by atoms with E-state index in [4.69, 9.17) is 16.3 Å². The van der Waals surface area contributed by atoms with E-state index in [1.165, 1.54) is 0 Å². The highest BCUT2D eigenvalue weighted by molar-refractivity contribution is 6.33. The van der Waals surface area contributed by atoms with Crippen LogP contribution >= 0.6 is 11.6 Å². The molecule has 0 radical (unpaired) electrons. The molecule has 0 aromatic carbocycles. The highest BCUT2D eigenvalue weighted by atomic mass is 35.5. The summed E-state index contributed by atoms with van der Waals surface area (Å²) >= 11 is 5.99. The van der Waals surface area contributed by atoms with E-state index in [1.807, 2.05) is 13.8 Å². The van der Waals surface area contributed by atoms with Gasteiger partial charge in [-0.05, 0) is 26.7 Å². The largest absolute Gasteiger partial charge is 0.376 e. The van der Waals surface area contributed by atoms with Crippen LogP contribution in [0.4, 0.5) is 0 Å². The fourth-order valence-corrected chi connectivity index (χ4v) is 2.31. The highest BCUT2D eigenvalue weighted by Gasteiger charge is 2.25. The van der Waals surface area contributed by atoms with E-state index in [1.54, 1.807) is 10.9 Å². The Morgan fingerprint density at radius 2 is 2.56 bits per heavy atom. The first kappa shape index (κ1) is 13.4. The Balaban J connectivity index is 1.99. The minimum Gasteiger partial charge on any atom is -0.376 e. The van der Waals surface area contributed by atoms with Gasteiger partial charge in [-0.1, -0.05) is 11.6 Å². The summed E-state index contributed by atoms with van der Waals surface area (Å²) in [5.74, 6) is -0.241. The molecule has 1 aromatic heterocycles. The summed E-state index contributed by atoms with van der Waals surface area (Å²) in [6.07, 6.45) is 3.79. The number of aromatic nitrogens is 2. The second kappa shape index (κ2) is 5.71. The maximum atomic E-state index is 12.0. The summed E-state index contributed by atoms with van der Waals surface area (Å²) in [5, 5.41) is 7.42. The number of rotatable bonds is 4. The van der Waals surface area contributed by atoms with E-state index in [0.29, 0.717) is 11.6 Å². The monoisotopic (exact) mass is 271 g/mol. The molecule has 100 valence electrons. The minimum absolute atomic E-state index is 0.0251. The number of hydrogen-bond donors (Lipinski definition) is 1. The third-order valence-electron chi connectivity index (χ3n) is 3.14. The van der Waals surface area contributed by atoms with E-state index in [9.17, 15) is 4.79 Å². The SMILES string of the molecule is CCn1cc(Cl)c(C(=O)NC(C)C2CCCO2)n1. The minimum atomic E-state index is -0.241. The summed E-state index contributed by atoms with van der Waals surface area (Å²) in [5.41, 5.74) is 0.281. The van der Waals surface area contributed by atoms with Gasteiger partial charge < -0.3 is 10.1 Å². The molecule has 0 bridgehead atoms. The molecule has 2 heterocycles. The van der Waals surface area contributed by atoms with Crippen molar-refractivity contribution in [2.24, 2.45) is 0 Å². The van der Waals surface area contributed by atoms with Crippen molar-refractivity contribution < 1.29 is 9.53 Å². The van der Waals surface area contributed by atoms with Crippen LogP contribution in [0.3, 0.4) is 0 Å². The number of halogens is 1. The normalized spacial score (nSPS) is 20.9. The summed E-state index contributed by atoms with van der Waals surface area (Å²) in [4.78, 5) is 12.0. The number of aryl methyl sites for hydroxylation is 1. The van der Waals surface area contributed by atoms with Crippen LogP contribution in [0.1, 0.15) is 37.2 Å². The Hall–Kier alpha value is -1.07. The first-order valence-corrected chi connectivity index (χ1v) is 6.65. The number of amides is 1. The first-order valence-electron chi connectivity index (χ1n) is 6.27. The van der Waals surface area contributed by atoms with Crippen molar-refractivity contribution in [3.8, 4) is 0 Å². The number of carbonyl (C=O) groups excluding carboxylic acids is 1. The average molecular weight is 272 g/mol. The Labute approximate surface area is 111 Å². The molecule has 1 aliphatic rings. The summed E-state index contributed by atoms with van der Waals surface area (Å²) in [7, 11) is 0. The predicted octanol–water partition coefficient (Wildman–Crippen LogP) is 1.85. The van der Waals surface area contributed by atoms with Crippen LogP contribution in [-0.2, 0) is 11.3 Å². The van der Waals surface area contributed by atoms with Crippen LogP contribution in [0.25, 0.3) is 0 Å². The van der Waals surface area contributed by atoms with Gasteiger partial charge in [0.1, 0.15) is 0 Å². The second-order valence-corrected chi connectivity index (χ2v) is 4.90. The lowest BCUT2D eigenvalue weighted by atomic mass is 10.1. The molecule has 18 heavy (non-hydrogen) atoms. The average Bonchev–Trinajstić information content (AvgIpc) is 2.97. The third kappa shape index (κ3) is 2.84. The van der Waals surface area contributed by atoms with Gasteiger partial charge in [0.25, 0.3) is 5.91 Å². The van der Waals surface area contributed by atoms with Gasteiger partial charge in [0.2, 0.25) is 0 Å². The van der Waals surface area contributed by atoms with E-state index >= 15 is 0 Å². The zero-order chi connectivity index (χ0) is 13.1. The lowest BCUT2D eigenvalue weighted by molar-refractivity contribution is 0.0709. The Morgan fingerprint density at radius 3 is 3.11 bits per heavy atom. The lowest BCUT2D eigenvalue weighted by Crippen LogP contribution is -2.41. The molecule has 0 aliphatic carbocycles. The standard InChI is InChI=1S/C12H18ClN3O2/c1-3-16-7-9(13)11(15-16)12(17)14-8(2)10-5-4-6-18-10/h7-8,10H,3-6H2,1-2H3,(H,14,17). The van der Waals surface area contributed by atoms with Crippen LogP contribution in [-0.4, -0.2) is 34.4 Å². The number of ether oxygens (including phenoxy) is 1. The molecule has 5 nitrogen and oxygen atoms in total. The van der Waals surface area contributed by atoms with Crippen molar-refractivity contribution in [3.05, 3.63) is 16.9 Å². The van der Waals surface area contributed by atoms with E-state index < -0.39 is 0 Å². The van der Waals surface area contributed by atoms with Gasteiger partial charge in [0.05, 0.1) is 17.2 Å². The summed E-state index contributed by atoms with van der Waals surface area (Å²) in [6.45, 7) is 5.35. The highest BCUT2D eigenvalue weighted by Crippen LogP contribution is 2.17. The van der Waals surface area contributed by atoms with Gasteiger partial charge in [0, 0.05) is 19.3 Å². The van der Waals surface area contributed by atoms with Gasteiger partial charge >= 0.3 is 0 Å². The molecule has 1 aromatic rings. The van der Waals surface area contributed by atoms with Crippen molar-refractivity contribution in [2.75, 3.05) is 6.61 Å². The molecular weight excluding hydrogens is 254 g/mol. The molecule has 2 atom stereocenters. The lowest BCUT2D eigenvalue weighted by Gasteiger charge is -2.19. The van der Waals surface area contributed by atoms with Gasteiger partial charge in [-0.15, -0.1) is 0 Å². The smallest absolute Gasteiger partial charge is 0.273 e. The van der Waals surface area contributed by atoms with E-state index in [-0.39, 0.29) is 23.7 Å². The maximum Gasteiger partial charge on any atom is 0.273 e. The predicted molar refractivity (Wildman–Crippen MR) is 68.8 cm³/mol. The number of hydrogen-bond acceptors (Lipinski definition) is 3. The second-order valence-electron chi connectivity index (χ2n) is 4.49. The zero-order valence-electron chi connectivity index (χ0n) is 10.6. The van der Waals surface area contributed by atoms with Crippen molar-refractivity contribution in [1.82, 2.24) is 15.1 Å². The molecule has 1 N–H and O–H groups in total. The quantitative estimate of drug-likeness (QED) is 0.909. The van der Waals surface area contributed by atoms with Gasteiger partial charge in [-0.3, -0.25) is 9.48 Å². The van der Waals surface area contributed by atoms with E-state index in [2.05, 4.69) is 10.4 Å². The van der Waals surface area contributed by atoms with Gasteiger partial charge in [-0.25, -0.2) is 0 Å². The Morgan fingerprint density at radius 1 is 1.78 bits per heavy atom. The van der Waals surface area contributed by atoms with Gasteiger partial charge in [0.15, 0.2) is 5.69 Å². The molecule has 6 heteroatoms. The molecule has 2 rings (SSSR count). The number of nitrogens with zero attached hydrogens (tertiary/aromatic N) is 2. The first-order chi connectivity index (χ1) is 8.61. The fraction of sp³-hybridized carbons (Fsp3) is 0.667. The van der Waals surface area contributed by atoms with Crippen LogP contribution in [0.2, 0.25) is 5.02 Å². The van der Waals surface area contributed by atoms with Crippen molar-refractivity contribution in [1.29, 1.82) is 0 Å². The molecule has 1 saturated heterocycles. The molecule has 1 aliphatic heterocycles. The summed E-state index contributed by atoms with van der Waals surface area (Å²) < 4.78 is 7.18. The van der Waals surface area contributed by atoms with Gasteiger partial charge in [-0.2, -0.15) is 5.10 Å². The van der Waals surface area contributed by atoms with Crippen LogP contribution < -0.4 is 5.32 Å². The third-order valence-corrected chi connectivity index (χ3v) is 3.41. The van der Waals surface area contributed by atoms with Crippen LogP contribution in [0.15, 0.2) is 6.20 Å². The maximum absolute atomic E-state index is 12.0.